The first kappa shape index (κ1) is 18.2. The van der Waals surface area contributed by atoms with Crippen molar-refractivity contribution in [3.8, 4) is 11.1 Å². The summed E-state index contributed by atoms with van der Waals surface area (Å²) in [6.07, 6.45) is 6.53. The van der Waals surface area contributed by atoms with Gasteiger partial charge in [-0.15, -0.1) is 0 Å². The van der Waals surface area contributed by atoms with Crippen LogP contribution in [0.1, 0.15) is 75.8 Å². The van der Waals surface area contributed by atoms with Gasteiger partial charge in [-0.3, -0.25) is 0 Å². The van der Waals surface area contributed by atoms with Gasteiger partial charge in [-0.1, -0.05) is 69.3 Å². The van der Waals surface area contributed by atoms with Crippen molar-refractivity contribution in [2.75, 3.05) is 6.54 Å². The van der Waals surface area contributed by atoms with Gasteiger partial charge in [0.1, 0.15) is 0 Å². The van der Waals surface area contributed by atoms with Crippen molar-refractivity contribution in [3.63, 3.8) is 0 Å². The van der Waals surface area contributed by atoms with Gasteiger partial charge in [0.25, 0.3) is 0 Å². The second-order valence-electron chi connectivity index (χ2n) is 7.90. The molecule has 1 aliphatic carbocycles. The predicted molar refractivity (Wildman–Crippen MR) is 109 cm³/mol. The van der Waals surface area contributed by atoms with Gasteiger partial charge in [0.05, 0.1) is 0 Å². The van der Waals surface area contributed by atoms with Crippen LogP contribution in [0.15, 0.2) is 48.5 Å². The van der Waals surface area contributed by atoms with E-state index >= 15 is 0 Å². The fraction of sp³-hybridized carbons (Fsp3) is 0.500. The Morgan fingerprint density at radius 3 is 1.92 bits per heavy atom. The Hall–Kier alpha value is -1.60. The summed E-state index contributed by atoms with van der Waals surface area (Å²) in [6, 6.07) is 19.1. The van der Waals surface area contributed by atoms with E-state index in [2.05, 4.69) is 74.6 Å². The second-order valence-corrected chi connectivity index (χ2v) is 7.90. The molecule has 0 atom stereocenters. The van der Waals surface area contributed by atoms with Crippen molar-refractivity contribution in [2.45, 2.75) is 70.8 Å². The Morgan fingerprint density at radius 1 is 0.840 bits per heavy atom. The van der Waals surface area contributed by atoms with E-state index in [-0.39, 0.29) is 0 Å². The molecule has 0 spiro atoms. The van der Waals surface area contributed by atoms with Crippen LogP contribution in [-0.4, -0.2) is 12.6 Å². The SMILES string of the molecule is CCCNC1CCC(c2ccc(-c3ccc(C(C)C)cc3)cc2)CC1. The molecule has 0 unspecified atom stereocenters. The molecule has 0 amide bonds. The van der Waals surface area contributed by atoms with Crippen LogP contribution in [-0.2, 0) is 0 Å². The highest BCUT2D eigenvalue weighted by molar-refractivity contribution is 5.64. The topological polar surface area (TPSA) is 12.0 Å². The first-order chi connectivity index (χ1) is 12.2. The number of hydrogen-bond acceptors (Lipinski definition) is 1. The van der Waals surface area contributed by atoms with Crippen LogP contribution in [0.25, 0.3) is 11.1 Å². The molecule has 134 valence electrons. The van der Waals surface area contributed by atoms with Crippen molar-refractivity contribution in [1.29, 1.82) is 0 Å². The zero-order chi connectivity index (χ0) is 17.6. The molecule has 1 N–H and O–H groups in total. The molecule has 0 heterocycles. The zero-order valence-corrected chi connectivity index (χ0v) is 16.1. The average molecular weight is 336 g/mol. The van der Waals surface area contributed by atoms with E-state index in [1.807, 2.05) is 0 Å². The molecule has 3 rings (SSSR count). The van der Waals surface area contributed by atoms with Gasteiger partial charge in [0, 0.05) is 6.04 Å². The van der Waals surface area contributed by atoms with Gasteiger partial charge in [-0.05, 0) is 72.7 Å². The number of nitrogens with one attached hydrogen (secondary N) is 1. The van der Waals surface area contributed by atoms with E-state index in [9.17, 15) is 0 Å². The number of benzene rings is 2. The molecule has 1 heteroatoms. The Morgan fingerprint density at radius 2 is 1.40 bits per heavy atom. The number of hydrogen-bond donors (Lipinski definition) is 1. The standard InChI is InChI=1S/C24H33N/c1-4-17-25-24-15-13-23(14-16-24)22-11-9-21(10-12-22)20-7-5-19(6-8-20)18(2)3/h5-12,18,23-25H,4,13-17H2,1-3H3. The largest absolute Gasteiger partial charge is 0.314 e. The fourth-order valence-corrected chi connectivity index (χ4v) is 3.99. The Kier molecular flexibility index (Phi) is 6.31. The monoisotopic (exact) mass is 335 g/mol. The molecule has 1 fully saturated rings. The van der Waals surface area contributed by atoms with Crippen molar-refractivity contribution in [1.82, 2.24) is 5.32 Å². The highest BCUT2D eigenvalue weighted by atomic mass is 14.9. The lowest BCUT2D eigenvalue weighted by molar-refractivity contribution is 0.343. The molecule has 1 nitrogen and oxygen atoms in total. The van der Waals surface area contributed by atoms with Crippen LogP contribution in [0.5, 0.6) is 0 Å². The van der Waals surface area contributed by atoms with E-state index in [1.165, 1.54) is 60.9 Å². The summed E-state index contributed by atoms with van der Waals surface area (Å²) >= 11 is 0. The average Bonchev–Trinajstić information content (AvgIpc) is 2.67. The third kappa shape index (κ3) is 4.73. The third-order valence-corrected chi connectivity index (χ3v) is 5.70. The van der Waals surface area contributed by atoms with Crippen LogP contribution in [0.4, 0.5) is 0 Å². The van der Waals surface area contributed by atoms with Crippen molar-refractivity contribution < 1.29 is 0 Å². The van der Waals surface area contributed by atoms with Gasteiger partial charge >= 0.3 is 0 Å². The highest BCUT2D eigenvalue weighted by Gasteiger charge is 2.21. The summed E-state index contributed by atoms with van der Waals surface area (Å²) in [4.78, 5) is 0. The maximum absolute atomic E-state index is 3.69. The third-order valence-electron chi connectivity index (χ3n) is 5.70. The van der Waals surface area contributed by atoms with Crippen LogP contribution in [0.2, 0.25) is 0 Å². The molecule has 1 aliphatic rings. The number of rotatable bonds is 6. The van der Waals surface area contributed by atoms with Crippen LogP contribution < -0.4 is 5.32 Å². The fourth-order valence-electron chi connectivity index (χ4n) is 3.99. The first-order valence-electron chi connectivity index (χ1n) is 10.1. The minimum absolute atomic E-state index is 0.596. The summed E-state index contributed by atoms with van der Waals surface area (Å²) in [5, 5.41) is 3.69. The Bertz CT molecular complexity index is 631. The lowest BCUT2D eigenvalue weighted by Crippen LogP contribution is -2.33. The van der Waals surface area contributed by atoms with Crippen molar-refractivity contribution >= 4 is 0 Å². The lowest BCUT2D eigenvalue weighted by atomic mass is 9.81. The molecule has 2 aromatic carbocycles. The summed E-state index contributed by atoms with van der Waals surface area (Å²) in [5.41, 5.74) is 5.59. The molecule has 0 bridgehead atoms. The van der Waals surface area contributed by atoms with Crippen molar-refractivity contribution in [2.24, 2.45) is 0 Å². The maximum atomic E-state index is 3.69. The molecular weight excluding hydrogens is 302 g/mol. The predicted octanol–water partition coefficient (Wildman–Crippen LogP) is 6.50. The molecule has 2 aromatic rings. The van der Waals surface area contributed by atoms with E-state index in [0.29, 0.717) is 5.92 Å². The first-order valence-corrected chi connectivity index (χ1v) is 10.1. The maximum Gasteiger partial charge on any atom is 0.00674 e. The lowest BCUT2D eigenvalue weighted by Gasteiger charge is -2.29. The highest BCUT2D eigenvalue weighted by Crippen LogP contribution is 2.34. The van der Waals surface area contributed by atoms with E-state index in [1.54, 1.807) is 0 Å². The van der Waals surface area contributed by atoms with E-state index < -0.39 is 0 Å². The van der Waals surface area contributed by atoms with Gasteiger partial charge in [-0.2, -0.15) is 0 Å². The molecular formula is C24H33N. The van der Waals surface area contributed by atoms with Gasteiger partial charge in [0.15, 0.2) is 0 Å². The summed E-state index contributed by atoms with van der Waals surface area (Å²) in [7, 11) is 0. The molecule has 0 aliphatic heterocycles. The molecule has 0 aromatic heterocycles. The summed E-state index contributed by atoms with van der Waals surface area (Å²) in [6.45, 7) is 7.91. The van der Waals surface area contributed by atoms with Crippen LogP contribution in [0.3, 0.4) is 0 Å². The molecule has 0 radical (unpaired) electrons. The Labute approximate surface area is 153 Å². The van der Waals surface area contributed by atoms with Gasteiger partial charge in [-0.25, -0.2) is 0 Å². The molecule has 25 heavy (non-hydrogen) atoms. The van der Waals surface area contributed by atoms with Crippen molar-refractivity contribution in [3.05, 3.63) is 59.7 Å². The van der Waals surface area contributed by atoms with Crippen LogP contribution >= 0.6 is 0 Å². The molecule has 1 saturated carbocycles. The van der Waals surface area contributed by atoms with E-state index in [0.717, 1.165) is 12.0 Å². The van der Waals surface area contributed by atoms with Gasteiger partial charge < -0.3 is 5.32 Å². The smallest absolute Gasteiger partial charge is 0.00674 e. The second kappa shape index (κ2) is 8.67. The molecule has 0 saturated heterocycles. The minimum Gasteiger partial charge on any atom is -0.314 e. The minimum atomic E-state index is 0.596. The quantitative estimate of drug-likeness (QED) is 0.635. The van der Waals surface area contributed by atoms with Gasteiger partial charge in [0.2, 0.25) is 0 Å². The zero-order valence-electron chi connectivity index (χ0n) is 16.1. The summed E-state index contributed by atoms with van der Waals surface area (Å²) < 4.78 is 0. The Balaban J connectivity index is 1.61. The van der Waals surface area contributed by atoms with Crippen LogP contribution in [0, 0.1) is 0 Å². The normalized spacial score (nSPS) is 20.8. The summed E-state index contributed by atoms with van der Waals surface area (Å²) in [5.74, 6) is 1.34. The van der Waals surface area contributed by atoms with E-state index in [4.69, 9.17) is 0 Å².